The molecule has 0 saturated carbocycles. The second-order valence-electron chi connectivity index (χ2n) is 4.11. The zero-order valence-electron chi connectivity index (χ0n) is 8.88. The quantitative estimate of drug-likeness (QED) is 0.742. The first-order valence-corrected chi connectivity index (χ1v) is 5.95. The molecule has 0 unspecified atom stereocenters. The summed E-state index contributed by atoms with van der Waals surface area (Å²) in [4.78, 5) is 2.40. The molecule has 82 valence electrons. The van der Waals surface area contributed by atoms with E-state index in [1.165, 1.54) is 31.4 Å². The summed E-state index contributed by atoms with van der Waals surface area (Å²) in [5.41, 5.74) is 7.57. The summed E-state index contributed by atoms with van der Waals surface area (Å²) in [6.45, 7) is 2.28. The van der Waals surface area contributed by atoms with E-state index in [0.717, 1.165) is 13.1 Å². The van der Waals surface area contributed by atoms with E-state index in [1.54, 1.807) is 0 Å². The van der Waals surface area contributed by atoms with Gasteiger partial charge in [0.05, 0.1) is 10.7 Å². The van der Waals surface area contributed by atoms with E-state index in [4.69, 9.17) is 17.3 Å². The van der Waals surface area contributed by atoms with Crippen molar-refractivity contribution in [2.45, 2.75) is 25.7 Å². The molecule has 1 heterocycles. The minimum Gasteiger partial charge on any atom is -0.398 e. The highest BCUT2D eigenvalue weighted by molar-refractivity contribution is 6.33. The number of nitrogens with zero attached hydrogens (tertiary/aromatic N) is 1. The Morgan fingerprint density at radius 2 is 1.73 bits per heavy atom. The van der Waals surface area contributed by atoms with Crippen LogP contribution in [0.3, 0.4) is 0 Å². The lowest BCUT2D eigenvalue weighted by atomic mass is 10.2. The van der Waals surface area contributed by atoms with E-state index in [0.29, 0.717) is 10.7 Å². The van der Waals surface area contributed by atoms with Crippen LogP contribution in [0.4, 0.5) is 11.4 Å². The van der Waals surface area contributed by atoms with Gasteiger partial charge in [-0.1, -0.05) is 24.4 Å². The largest absolute Gasteiger partial charge is 0.398 e. The Kier molecular flexibility index (Phi) is 3.37. The summed E-state index contributed by atoms with van der Waals surface area (Å²) in [6.07, 6.45) is 5.25. The first kappa shape index (κ1) is 10.6. The van der Waals surface area contributed by atoms with Gasteiger partial charge in [0, 0.05) is 18.8 Å². The zero-order chi connectivity index (χ0) is 10.7. The third-order valence-electron chi connectivity index (χ3n) is 2.96. The molecule has 2 rings (SSSR count). The summed E-state index contributed by atoms with van der Waals surface area (Å²) >= 11 is 6.02. The molecule has 0 radical (unpaired) electrons. The van der Waals surface area contributed by atoms with Gasteiger partial charge in [-0.15, -0.1) is 0 Å². The fourth-order valence-corrected chi connectivity index (χ4v) is 2.22. The van der Waals surface area contributed by atoms with Crippen molar-refractivity contribution in [2.75, 3.05) is 23.7 Å². The minimum absolute atomic E-state index is 0.662. The van der Waals surface area contributed by atoms with Crippen LogP contribution in [0.5, 0.6) is 0 Å². The molecule has 1 aromatic carbocycles. The Morgan fingerprint density at radius 3 is 2.33 bits per heavy atom. The van der Waals surface area contributed by atoms with Crippen LogP contribution in [0, 0.1) is 0 Å². The Hall–Kier alpha value is -0.890. The van der Waals surface area contributed by atoms with Gasteiger partial charge in [0.25, 0.3) is 0 Å². The van der Waals surface area contributed by atoms with Crippen LogP contribution < -0.4 is 10.6 Å². The lowest BCUT2D eigenvalue weighted by molar-refractivity contribution is 0.726. The summed E-state index contributed by atoms with van der Waals surface area (Å²) < 4.78 is 0. The molecule has 1 fully saturated rings. The van der Waals surface area contributed by atoms with Crippen molar-refractivity contribution in [1.29, 1.82) is 0 Å². The van der Waals surface area contributed by atoms with Crippen LogP contribution in [0.25, 0.3) is 0 Å². The van der Waals surface area contributed by atoms with Crippen molar-refractivity contribution in [1.82, 2.24) is 0 Å². The Morgan fingerprint density at radius 1 is 1.07 bits per heavy atom. The first-order chi connectivity index (χ1) is 7.27. The molecule has 1 aliphatic rings. The number of benzene rings is 1. The average Bonchev–Trinajstić information content (AvgIpc) is 2.50. The maximum absolute atomic E-state index is 6.02. The Balaban J connectivity index is 2.16. The second kappa shape index (κ2) is 4.75. The smallest absolute Gasteiger partial charge is 0.0656 e. The number of hydrogen-bond donors (Lipinski definition) is 1. The zero-order valence-corrected chi connectivity index (χ0v) is 9.63. The summed E-state index contributed by atoms with van der Waals surface area (Å²) in [6, 6.07) is 5.93. The number of hydrogen-bond acceptors (Lipinski definition) is 2. The monoisotopic (exact) mass is 224 g/mol. The SMILES string of the molecule is Nc1ccc(N2CCCCCC2)cc1Cl. The van der Waals surface area contributed by atoms with E-state index in [9.17, 15) is 0 Å². The fraction of sp³-hybridized carbons (Fsp3) is 0.500. The fourth-order valence-electron chi connectivity index (χ4n) is 2.04. The third-order valence-corrected chi connectivity index (χ3v) is 3.28. The molecule has 0 aliphatic carbocycles. The molecule has 0 spiro atoms. The Labute approximate surface area is 96.0 Å². The summed E-state index contributed by atoms with van der Waals surface area (Å²) in [5.74, 6) is 0. The Bertz CT molecular complexity index is 330. The van der Waals surface area contributed by atoms with Gasteiger partial charge in [0.1, 0.15) is 0 Å². The molecule has 1 aliphatic heterocycles. The van der Waals surface area contributed by atoms with Gasteiger partial charge in [0.2, 0.25) is 0 Å². The van der Waals surface area contributed by atoms with Crippen LogP contribution >= 0.6 is 11.6 Å². The molecule has 3 heteroatoms. The maximum atomic E-state index is 6.02. The van der Waals surface area contributed by atoms with Gasteiger partial charge in [-0.2, -0.15) is 0 Å². The molecule has 15 heavy (non-hydrogen) atoms. The van der Waals surface area contributed by atoms with Crippen molar-refractivity contribution in [3.8, 4) is 0 Å². The van der Waals surface area contributed by atoms with Crippen molar-refractivity contribution in [3.05, 3.63) is 23.2 Å². The highest BCUT2D eigenvalue weighted by Gasteiger charge is 2.10. The normalized spacial score (nSPS) is 17.5. The van der Waals surface area contributed by atoms with Gasteiger partial charge in [0.15, 0.2) is 0 Å². The molecule has 2 N–H and O–H groups in total. The van der Waals surface area contributed by atoms with Crippen LogP contribution in [0.15, 0.2) is 18.2 Å². The number of anilines is 2. The lowest BCUT2D eigenvalue weighted by Crippen LogP contribution is -2.23. The number of rotatable bonds is 1. The number of nitrogens with two attached hydrogens (primary N) is 1. The predicted molar refractivity (Wildman–Crippen MR) is 66.5 cm³/mol. The van der Waals surface area contributed by atoms with Crippen LogP contribution in [-0.2, 0) is 0 Å². The van der Waals surface area contributed by atoms with Gasteiger partial charge in [-0.3, -0.25) is 0 Å². The molecule has 1 saturated heterocycles. The molecule has 0 aromatic heterocycles. The van der Waals surface area contributed by atoms with Crippen LogP contribution in [-0.4, -0.2) is 13.1 Å². The second-order valence-corrected chi connectivity index (χ2v) is 4.51. The molecular formula is C12H17ClN2. The van der Waals surface area contributed by atoms with Crippen molar-refractivity contribution in [2.24, 2.45) is 0 Å². The minimum atomic E-state index is 0.662. The maximum Gasteiger partial charge on any atom is 0.0656 e. The number of nitrogen functional groups attached to an aromatic ring is 1. The molecule has 0 atom stereocenters. The first-order valence-electron chi connectivity index (χ1n) is 5.57. The number of halogens is 1. The average molecular weight is 225 g/mol. The van der Waals surface area contributed by atoms with E-state index in [2.05, 4.69) is 11.0 Å². The highest BCUT2D eigenvalue weighted by Crippen LogP contribution is 2.26. The van der Waals surface area contributed by atoms with E-state index < -0.39 is 0 Å². The molecular weight excluding hydrogens is 208 g/mol. The predicted octanol–water partition coefficient (Wildman–Crippen LogP) is 3.30. The molecule has 1 aromatic rings. The molecule has 0 amide bonds. The highest BCUT2D eigenvalue weighted by atomic mass is 35.5. The van der Waals surface area contributed by atoms with E-state index in [1.807, 2.05) is 12.1 Å². The van der Waals surface area contributed by atoms with Crippen LogP contribution in [0.1, 0.15) is 25.7 Å². The summed E-state index contributed by atoms with van der Waals surface area (Å²) in [7, 11) is 0. The third kappa shape index (κ3) is 2.57. The van der Waals surface area contributed by atoms with Crippen molar-refractivity contribution < 1.29 is 0 Å². The topological polar surface area (TPSA) is 29.3 Å². The van der Waals surface area contributed by atoms with E-state index in [-0.39, 0.29) is 0 Å². The summed E-state index contributed by atoms with van der Waals surface area (Å²) in [5, 5.41) is 0.664. The van der Waals surface area contributed by atoms with Gasteiger partial charge >= 0.3 is 0 Å². The van der Waals surface area contributed by atoms with Crippen LogP contribution in [0.2, 0.25) is 5.02 Å². The molecule has 2 nitrogen and oxygen atoms in total. The van der Waals surface area contributed by atoms with Gasteiger partial charge in [-0.25, -0.2) is 0 Å². The molecule has 0 bridgehead atoms. The van der Waals surface area contributed by atoms with Gasteiger partial charge < -0.3 is 10.6 Å². The van der Waals surface area contributed by atoms with Crippen molar-refractivity contribution in [3.63, 3.8) is 0 Å². The lowest BCUT2D eigenvalue weighted by Gasteiger charge is -2.23. The standard InChI is InChI=1S/C12H17ClN2/c13-11-9-10(5-6-12(11)14)15-7-3-1-2-4-8-15/h5-6,9H,1-4,7-8,14H2. The van der Waals surface area contributed by atoms with Crippen molar-refractivity contribution >= 4 is 23.0 Å². The van der Waals surface area contributed by atoms with E-state index >= 15 is 0 Å². The van der Waals surface area contributed by atoms with Gasteiger partial charge in [-0.05, 0) is 31.0 Å².